The van der Waals surface area contributed by atoms with Crippen molar-refractivity contribution in [2.45, 2.75) is 38.7 Å². The molecule has 0 aliphatic heterocycles. The molecule has 5 nitrogen and oxygen atoms in total. The van der Waals surface area contributed by atoms with E-state index in [4.69, 9.17) is 15.2 Å². The summed E-state index contributed by atoms with van der Waals surface area (Å²) in [7, 11) is 1.35. The van der Waals surface area contributed by atoms with Gasteiger partial charge in [-0.15, -0.1) is 11.3 Å². The van der Waals surface area contributed by atoms with Crippen molar-refractivity contribution in [1.29, 1.82) is 0 Å². The molecule has 1 heterocycles. The molecule has 2 N–H and O–H groups in total. The maximum Gasteiger partial charge on any atom is 0.341 e. The van der Waals surface area contributed by atoms with E-state index in [1.807, 2.05) is 30.3 Å². The second kappa shape index (κ2) is 7.70. The average Bonchev–Trinajstić information content (AvgIpc) is 2.93. The largest absolute Gasteiger partial charge is 0.469 e. The minimum Gasteiger partial charge on any atom is -0.469 e. The minimum atomic E-state index is -0.614. The number of thiophene rings is 1. The van der Waals surface area contributed by atoms with Crippen LogP contribution in [0.3, 0.4) is 0 Å². The fourth-order valence-electron chi connectivity index (χ4n) is 2.38. The molecule has 1 unspecified atom stereocenters. The van der Waals surface area contributed by atoms with Gasteiger partial charge in [0.2, 0.25) is 0 Å². The van der Waals surface area contributed by atoms with E-state index in [0.29, 0.717) is 16.3 Å². The Kier molecular flexibility index (Phi) is 5.85. The summed E-state index contributed by atoms with van der Waals surface area (Å²) in [5, 5.41) is 0.339. The normalized spacial score (nSPS) is 12.5. The van der Waals surface area contributed by atoms with E-state index in [-0.39, 0.29) is 11.5 Å². The Hall–Kier alpha value is -2.34. The van der Waals surface area contributed by atoms with Gasteiger partial charge in [0, 0.05) is 4.88 Å². The standard InChI is InChI=1S/C19H23NO4S/c1-19(2,3)24-18(22)14-11-15(25-16(14)20)13(17(21)23-4)10-12-8-6-5-7-9-12/h5-9,11,13H,10,20H2,1-4H3. The number of hydrogen-bond donors (Lipinski definition) is 1. The van der Waals surface area contributed by atoms with E-state index < -0.39 is 17.5 Å². The van der Waals surface area contributed by atoms with Crippen LogP contribution in [0.2, 0.25) is 0 Å². The highest BCUT2D eigenvalue weighted by atomic mass is 32.1. The second-order valence-corrected chi connectivity index (χ2v) is 7.81. The molecule has 0 saturated carbocycles. The Bertz CT molecular complexity index is 747. The predicted octanol–water partition coefficient (Wildman–Crippen LogP) is 3.78. The van der Waals surface area contributed by atoms with Crippen LogP contribution in [-0.4, -0.2) is 24.6 Å². The molecular formula is C19H23NO4S. The van der Waals surface area contributed by atoms with Crippen LogP contribution in [0.5, 0.6) is 0 Å². The lowest BCUT2D eigenvalue weighted by atomic mass is 9.97. The van der Waals surface area contributed by atoms with Crippen LogP contribution < -0.4 is 5.73 Å². The molecule has 1 aromatic carbocycles. The first-order valence-electron chi connectivity index (χ1n) is 7.95. The third-order valence-electron chi connectivity index (χ3n) is 3.51. The molecule has 0 aliphatic carbocycles. The van der Waals surface area contributed by atoms with E-state index in [1.54, 1.807) is 26.8 Å². The molecule has 134 valence electrons. The van der Waals surface area contributed by atoms with E-state index >= 15 is 0 Å². The van der Waals surface area contributed by atoms with Crippen LogP contribution in [0, 0.1) is 0 Å². The summed E-state index contributed by atoms with van der Waals surface area (Å²) in [4.78, 5) is 25.3. The molecule has 0 bridgehead atoms. The molecule has 0 radical (unpaired) electrons. The zero-order valence-corrected chi connectivity index (χ0v) is 15.7. The summed E-state index contributed by atoms with van der Waals surface area (Å²) in [6.45, 7) is 5.38. The van der Waals surface area contributed by atoms with Crippen molar-refractivity contribution in [3.8, 4) is 0 Å². The van der Waals surface area contributed by atoms with Crippen LogP contribution in [0.15, 0.2) is 36.4 Å². The Morgan fingerprint density at radius 2 is 1.84 bits per heavy atom. The molecule has 25 heavy (non-hydrogen) atoms. The molecule has 0 spiro atoms. The Morgan fingerprint density at radius 3 is 2.40 bits per heavy atom. The van der Waals surface area contributed by atoms with Crippen molar-refractivity contribution in [2.75, 3.05) is 12.8 Å². The van der Waals surface area contributed by atoms with Gasteiger partial charge in [-0.2, -0.15) is 0 Å². The Morgan fingerprint density at radius 1 is 1.20 bits per heavy atom. The van der Waals surface area contributed by atoms with Gasteiger partial charge in [-0.25, -0.2) is 4.79 Å². The first-order valence-corrected chi connectivity index (χ1v) is 8.77. The number of nitrogen functional groups attached to an aromatic ring is 1. The van der Waals surface area contributed by atoms with Crippen molar-refractivity contribution >= 4 is 28.3 Å². The van der Waals surface area contributed by atoms with Gasteiger partial charge in [0.05, 0.1) is 18.6 Å². The summed E-state index contributed by atoms with van der Waals surface area (Å²) < 4.78 is 10.3. The van der Waals surface area contributed by atoms with Crippen molar-refractivity contribution in [1.82, 2.24) is 0 Å². The number of esters is 2. The number of anilines is 1. The number of carbonyl (C=O) groups excluding carboxylic acids is 2. The molecule has 6 heteroatoms. The smallest absolute Gasteiger partial charge is 0.341 e. The topological polar surface area (TPSA) is 78.6 Å². The van der Waals surface area contributed by atoms with Crippen LogP contribution in [-0.2, 0) is 20.7 Å². The highest BCUT2D eigenvalue weighted by molar-refractivity contribution is 7.16. The SMILES string of the molecule is COC(=O)C(Cc1ccccc1)c1cc(C(=O)OC(C)(C)C)c(N)s1. The summed E-state index contributed by atoms with van der Waals surface area (Å²) in [5.74, 6) is -1.37. The number of rotatable bonds is 5. The van der Waals surface area contributed by atoms with E-state index in [1.165, 1.54) is 18.4 Å². The van der Waals surface area contributed by atoms with Gasteiger partial charge in [-0.1, -0.05) is 30.3 Å². The summed E-state index contributed by atoms with van der Waals surface area (Å²) in [5.41, 5.74) is 6.68. The van der Waals surface area contributed by atoms with Crippen LogP contribution in [0.1, 0.15) is 47.5 Å². The van der Waals surface area contributed by atoms with E-state index in [9.17, 15) is 9.59 Å². The van der Waals surface area contributed by atoms with Gasteiger partial charge in [0.15, 0.2) is 0 Å². The zero-order valence-electron chi connectivity index (χ0n) is 14.9. The minimum absolute atomic E-state index is 0.289. The lowest BCUT2D eigenvalue weighted by Crippen LogP contribution is -2.24. The first kappa shape index (κ1) is 19.0. The van der Waals surface area contributed by atoms with Crippen LogP contribution >= 0.6 is 11.3 Å². The fourth-order valence-corrected chi connectivity index (χ4v) is 3.39. The van der Waals surface area contributed by atoms with Crippen LogP contribution in [0.4, 0.5) is 5.00 Å². The first-order chi connectivity index (χ1) is 11.7. The number of benzene rings is 1. The Labute approximate surface area is 151 Å². The molecular weight excluding hydrogens is 338 g/mol. The summed E-state index contributed by atoms with van der Waals surface area (Å²) >= 11 is 1.22. The third-order valence-corrected chi connectivity index (χ3v) is 4.59. The van der Waals surface area contributed by atoms with Crippen molar-refractivity contribution in [3.05, 3.63) is 52.4 Å². The van der Waals surface area contributed by atoms with Gasteiger partial charge >= 0.3 is 11.9 Å². The zero-order chi connectivity index (χ0) is 18.6. The number of hydrogen-bond acceptors (Lipinski definition) is 6. The predicted molar refractivity (Wildman–Crippen MR) is 98.8 cm³/mol. The average molecular weight is 361 g/mol. The van der Waals surface area contributed by atoms with Crippen molar-refractivity contribution < 1.29 is 19.1 Å². The van der Waals surface area contributed by atoms with Gasteiger partial charge in [0.25, 0.3) is 0 Å². The number of ether oxygens (including phenoxy) is 2. The molecule has 2 rings (SSSR count). The maximum absolute atomic E-state index is 12.3. The monoisotopic (exact) mass is 361 g/mol. The lowest BCUT2D eigenvalue weighted by Gasteiger charge is -2.19. The summed E-state index contributed by atoms with van der Waals surface area (Å²) in [6.07, 6.45) is 0.473. The molecule has 2 aromatic rings. The quantitative estimate of drug-likeness (QED) is 0.820. The van der Waals surface area contributed by atoms with Crippen molar-refractivity contribution in [3.63, 3.8) is 0 Å². The Balaban J connectivity index is 2.31. The molecule has 1 aromatic heterocycles. The van der Waals surface area contributed by atoms with Gasteiger partial charge in [-0.05, 0) is 38.8 Å². The van der Waals surface area contributed by atoms with Gasteiger partial charge in [0.1, 0.15) is 10.6 Å². The highest BCUT2D eigenvalue weighted by Crippen LogP contribution is 2.34. The highest BCUT2D eigenvalue weighted by Gasteiger charge is 2.28. The number of methoxy groups -OCH3 is 1. The molecule has 0 saturated heterocycles. The van der Waals surface area contributed by atoms with Gasteiger partial charge in [-0.3, -0.25) is 4.79 Å². The molecule has 0 fully saturated rings. The van der Waals surface area contributed by atoms with Crippen molar-refractivity contribution in [2.24, 2.45) is 0 Å². The second-order valence-electron chi connectivity index (χ2n) is 6.69. The maximum atomic E-state index is 12.3. The van der Waals surface area contributed by atoms with Gasteiger partial charge < -0.3 is 15.2 Å². The fraction of sp³-hybridized carbons (Fsp3) is 0.368. The lowest BCUT2D eigenvalue weighted by molar-refractivity contribution is -0.142. The van der Waals surface area contributed by atoms with Crippen LogP contribution in [0.25, 0.3) is 0 Å². The molecule has 1 atom stereocenters. The molecule has 0 aliphatic rings. The molecule has 0 amide bonds. The van der Waals surface area contributed by atoms with E-state index in [2.05, 4.69) is 0 Å². The summed E-state index contributed by atoms with van der Waals surface area (Å²) in [6, 6.07) is 11.3. The number of nitrogens with two attached hydrogens (primary N) is 1. The third kappa shape index (κ3) is 5.06. The van der Waals surface area contributed by atoms with E-state index in [0.717, 1.165) is 5.56 Å². The number of carbonyl (C=O) groups is 2.